The maximum Gasteiger partial charge on any atom is 0.344 e. The predicted molar refractivity (Wildman–Crippen MR) is 53.9 cm³/mol. The third-order valence-corrected chi connectivity index (χ3v) is 2.29. The van der Waals surface area contributed by atoms with E-state index in [2.05, 4.69) is 0 Å². The zero-order chi connectivity index (χ0) is 10.7. The predicted octanol–water partition coefficient (Wildman–Crippen LogP) is 2.50. The van der Waals surface area contributed by atoms with Crippen LogP contribution in [0.2, 0.25) is 5.02 Å². The van der Waals surface area contributed by atoms with E-state index in [9.17, 15) is 4.79 Å². The Morgan fingerprint density at radius 3 is 2.79 bits per heavy atom. The lowest BCUT2D eigenvalue weighted by molar-refractivity contribution is -0.144. The maximum atomic E-state index is 10.5. The molecule has 1 aromatic rings. The van der Waals surface area contributed by atoms with Gasteiger partial charge < -0.3 is 9.84 Å². The number of hydrogen-bond acceptors (Lipinski definition) is 2. The highest BCUT2D eigenvalue weighted by Crippen LogP contribution is 2.28. The minimum Gasteiger partial charge on any atom is -0.479 e. The van der Waals surface area contributed by atoms with E-state index in [0.29, 0.717) is 10.8 Å². The first kappa shape index (κ1) is 10.9. The van der Waals surface area contributed by atoms with Gasteiger partial charge in [0, 0.05) is 0 Å². The van der Waals surface area contributed by atoms with Gasteiger partial charge in [0.25, 0.3) is 0 Å². The summed E-state index contributed by atoms with van der Waals surface area (Å²) in [6, 6.07) is 5.25. The molecule has 0 aliphatic carbocycles. The van der Waals surface area contributed by atoms with E-state index < -0.39 is 12.1 Å². The summed E-state index contributed by atoms with van der Waals surface area (Å²) in [4.78, 5) is 10.5. The highest BCUT2D eigenvalue weighted by molar-refractivity contribution is 6.32. The first-order valence-electron chi connectivity index (χ1n) is 4.17. The fourth-order valence-electron chi connectivity index (χ4n) is 0.952. The van der Waals surface area contributed by atoms with E-state index in [4.69, 9.17) is 21.4 Å². The van der Waals surface area contributed by atoms with E-state index in [1.807, 2.05) is 13.0 Å². The summed E-state index contributed by atoms with van der Waals surface area (Å²) in [5.74, 6) is -0.607. The number of ether oxygens (including phenoxy) is 1. The van der Waals surface area contributed by atoms with Crippen LogP contribution in [-0.2, 0) is 4.79 Å². The number of halogens is 1. The van der Waals surface area contributed by atoms with Crippen molar-refractivity contribution in [3.8, 4) is 5.75 Å². The van der Waals surface area contributed by atoms with Gasteiger partial charge in [-0.05, 0) is 25.5 Å². The molecule has 1 N–H and O–H groups in total. The summed E-state index contributed by atoms with van der Waals surface area (Å²) in [5, 5.41) is 9.09. The van der Waals surface area contributed by atoms with Gasteiger partial charge in [0.2, 0.25) is 0 Å². The smallest absolute Gasteiger partial charge is 0.344 e. The van der Waals surface area contributed by atoms with Gasteiger partial charge in [-0.1, -0.05) is 23.7 Å². The van der Waals surface area contributed by atoms with E-state index in [0.717, 1.165) is 5.56 Å². The molecule has 4 heteroatoms. The summed E-state index contributed by atoms with van der Waals surface area (Å²) in [6.45, 7) is 3.29. The van der Waals surface area contributed by atoms with Crippen LogP contribution < -0.4 is 4.74 Å². The Morgan fingerprint density at radius 1 is 1.57 bits per heavy atom. The Labute approximate surface area is 87.3 Å². The van der Waals surface area contributed by atoms with Crippen LogP contribution in [0.3, 0.4) is 0 Å². The van der Waals surface area contributed by atoms with Crippen LogP contribution in [-0.4, -0.2) is 17.2 Å². The van der Waals surface area contributed by atoms with Crippen molar-refractivity contribution in [1.82, 2.24) is 0 Å². The number of aryl methyl sites for hydroxylation is 1. The lowest BCUT2D eigenvalue weighted by Crippen LogP contribution is -2.23. The van der Waals surface area contributed by atoms with Gasteiger partial charge in [0.1, 0.15) is 5.75 Å². The van der Waals surface area contributed by atoms with Crippen LogP contribution in [0, 0.1) is 6.92 Å². The fraction of sp³-hybridized carbons (Fsp3) is 0.300. The Bertz CT molecular complexity index is 349. The molecule has 3 nitrogen and oxygen atoms in total. The maximum absolute atomic E-state index is 10.5. The molecular weight excluding hydrogens is 204 g/mol. The van der Waals surface area contributed by atoms with Gasteiger partial charge in [0.05, 0.1) is 5.02 Å². The van der Waals surface area contributed by atoms with Crippen molar-refractivity contribution < 1.29 is 14.6 Å². The largest absolute Gasteiger partial charge is 0.479 e. The van der Waals surface area contributed by atoms with Crippen LogP contribution in [0.25, 0.3) is 0 Å². The van der Waals surface area contributed by atoms with Crippen molar-refractivity contribution >= 4 is 17.6 Å². The second-order valence-electron chi connectivity index (χ2n) is 2.99. The van der Waals surface area contributed by atoms with E-state index in [1.54, 1.807) is 12.1 Å². The highest BCUT2D eigenvalue weighted by atomic mass is 35.5. The zero-order valence-electron chi connectivity index (χ0n) is 7.95. The zero-order valence-corrected chi connectivity index (χ0v) is 8.71. The fourth-order valence-corrected chi connectivity index (χ4v) is 1.12. The summed E-state index contributed by atoms with van der Waals surface area (Å²) < 4.78 is 5.16. The molecule has 76 valence electrons. The Hall–Kier alpha value is -1.22. The molecule has 0 aliphatic rings. The summed E-state index contributed by atoms with van der Waals surface area (Å²) in [5.41, 5.74) is 0.863. The van der Waals surface area contributed by atoms with Crippen molar-refractivity contribution in [2.45, 2.75) is 20.0 Å². The van der Waals surface area contributed by atoms with Gasteiger partial charge in [-0.2, -0.15) is 0 Å². The minimum atomic E-state index is -1.01. The van der Waals surface area contributed by atoms with Crippen molar-refractivity contribution in [3.63, 3.8) is 0 Å². The van der Waals surface area contributed by atoms with Crippen LogP contribution in [0.15, 0.2) is 18.2 Å². The summed E-state index contributed by atoms with van der Waals surface area (Å²) in [7, 11) is 0. The Balaban J connectivity index is 2.87. The van der Waals surface area contributed by atoms with E-state index in [-0.39, 0.29) is 0 Å². The lowest BCUT2D eigenvalue weighted by atomic mass is 10.2. The average molecular weight is 215 g/mol. The Kier molecular flexibility index (Phi) is 3.36. The third-order valence-electron chi connectivity index (χ3n) is 1.81. The van der Waals surface area contributed by atoms with Crippen LogP contribution >= 0.6 is 11.6 Å². The van der Waals surface area contributed by atoms with E-state index >= 15 is 0 Å². The quantitative estimate of drug-likeness (QED) is 0.841. The van der Waals surface area contributed by atoms with Gasteiger partial charge in [-0.25, -0.2) is 4.79 Å². The Morgan fingerprint density at radius 2 is 2.21 bits per heavy atom. The molecule has 0 amide bonds. The van der Waals surface area contributed by atoms with Crippen molar-refractivity contribution in [3.05, 3.63) is 28.8 Å². The molecule has 1 aromatic carbocycles. The number of carbonyl (C=O) groups is 1. The molecular formula is C10H11ClO3. The van der Waals surface area contributed by atoms with Crippen LogP contribution in [0.4, 0.5) is 0 Å². The van der Waals surface area contributed by atoms with Gasteiger partial charge in [0.15, 0.2) is 6.10 Å². The summed E-state index contributed by atoms with van der Waals surface area (Å²) in [6.07, 6.45) is -0.894. The average Bonchev–Trinajstić information content (AvgIpc) is 2.12. The highest BCUT2D eigenvalue weighted by Gasteiger charge is 2.14. The molecule has 0 fully saturated rings. The first-order valence-corrected chi connectivity index (χ1v) is 4.54. The molecule has 0 aromatic heterocycles. The van der Waals surface area contributed by atoms with Crippen molar-refractivity contribution in [2.24, 2.45) is 0 Å². The summed E-state index contributed by atoms with van der Waals surface area (Å²) >= 11 is 5.92. The molecule has 0 aliphatic heterocycles. The lowest BCUT2D eigenvalue weighted by Gasteiger charge is -2.12. The molecule has 0 heterocycles. The number of carboxylic acid groups (broad SMARTS) is 1. The van der Waals surface area contributed by atoms with Crippen LogP contribution in [0.5, 0.6) is 5.75 Å². The number of carboxylic acids is 1. The number of benzene rings is 1. The topological polar surface area (TPSA) is 46.5 Å². The van der Waals surface area contributed by atoms with Gasteiger partial charge in [-0.3, -0.25) is 0 Å². The molecule has 14 heavy (non-hydrogen) atoms. The molecule has 1 rings (SSSR count). The molecule has 1 atom stereocenters. The minimum absolute atomic E-state index is 0.404. The molecule has 0 saturated heterocycles. The number of rotatable bonds is 3. The SMILES string of the molecule is Cc1cccc(OC(C)C(=O)O)c1Cl. The molecule has 1 unspecified atom stereocenters. The van der Waals surface area contributed by atoms with Gasteiger partial charge in [-0.15, -0.1) is 0 Å². The number of hydrogen-bond donors (Lipinski definition) is 1. The second-order valence-corrected chi connectivity index (χ2v) is 3.36. The molecule has 0 radical (unpaired) electrons. The van der Waals surface area contributed by atoms with Gasteiger partial charge >= 0.3 is 5.97 Å². The molecule has 0 bridgehead atoms. The molecule has 0 saturated carbocycles. The number of aliphatic carboxylic acids is 1. The van der Waals surface area contributed by atoms with Crippen LogP contribution in [0.1, 0.15) is 12.5 Å². The monoisotopic (exact) mass is 214 g/mol. The first-order chi connectivity index (χ1) is 6.52. The standard InChI is InChI=1S/C10H11ClO3/c1-6-4-3-5-8(9(6)11)14-7(2)10(12)13/h3-5,7H,1-2H3,(H,12,13). The normalized spacial score (nSPS) is 12.2. The second kappa shape index (κ2) is 4.33. The van der Waals surface area contributed by atoms with Crippen molar-refractivity contribution in [1.29, 1.82) is 0 Å². The van der Waals surface area contributed by atoms with Crippen molar-refractivity contribution in [2.75, 3.05) is 0 Å². The van der Waals surface area contributed by atoms with E-state index in [1.165, 1.54) is 6.92 Å². The third kappa shape index (κ3) is 2.39. The molecule has 0 spiro atoms.